The summed E-state index contributed by atoms with van der Waals surface area (Å²) in [4.78, 5) is 4.51. The largest absolute Gasteiger partial charge is 0.255 e. The van der Waals surface area contributed by atoms with Gasteiger partial charge in [-0.25, -0.2) is 13.1 Å². The minimum absolute atomic E-state index is 0.0233. The summed E-state index contributed by atoms with van der Waals surface area (Å²) in [6.07, 6.45) is 5.70. The Morgan fingerprint density at radius 2 is 2.00 bits per heavy atom. The third-order valence-corrected chi connectivity index (χ3v) is 6.05. The second-order valence-corrected chi connectivity index (χ2v) is 7.43. The van der Waals surface area contributed by atoms with Crippen LogP contribution in [0.1, 0.15) is 12.5 Å². The van der Waals surface area contributed by atoms with Crippen LogP contribution in [-0.2, 0) is 10.0 Å². The molecule has 0 radical (unpaired) electrons. The second kappa shape index (κ2) is 5.39. The van der Waals surface area contributed by atoms with Crippen molar-refractivity contribution >= 4 is 20.9 Å². The molecule has 1 saturated heterocycles. The van der Waals surface area contributed by atoms with Crippen molar-refractivity contribution in [3.63, 3.8) is 0 Å². The number of aromatic nitrogens is 4. The quantitative estimate of drug-likeness (QED) is 0.727. The summed E-state index contributed by atoms with van der Waals surface area (Å²) >= 11 is 0. The van der Waals surface area contributed by atoms with Crippen molar-refractivity contribution in [2.45, 2.75) is 17.4 Å². The zero-order valence-electron chi connectivity index (χ0n) is 12.3. The summed E-state index contributed by atoms with van der Waals surface area (Å²) in [6, 6.07) is 8.92. The molecule has 118 valence electrons. The Morgan fingerprint density at radius 3 is 2.83 bits per heavy atom. The van der Waals surface area contributed by atoms with Crippen LogP contribution < -0.4 is 0 Å². The third kappa shape index (κ3) is 2.40. The van der Waals surface area contributed by atoms with Crippen LogP contribution in [0.3, 0.4) is 0 Å². The molecule has 23 heavy (non-hydrogen) atoms. The monoisotopic (exact) mass is 329 g/mol. The molecule has 1 unspecified atom stereocenters. The van der Waals surface area contributed by atoms with E-state index in [9.17, 15) is 8.42 Å². The number of hydrogen-bond donors (Lipinski definition) is 0. The van der Waals surface area contributed by atoms with Crippen molar-refractivity contribution in [3.8, 4) is 0 Å². The van der Waals surface area contributed by atoms with Gasteiger partial charge in [0.1, 0.15) is 4.90 Å². The highest BCUT2D eigenvalue weighted by Gasteiger charge is 2.34. The van der Waals surface area contributed by atoms with Crippen molar-refractivity contribution in [1.82, 2.24) is 24.3 Å². The third-order valence-electron chi connectivity index (χ3n) is 4.15. The van der Waals surface area contributed by atoms with E-state index in [1.54, 1.807) is 41.5 Å². The summed E-state index contributed by atoms with van der Waals surface area (Å²) in [6.45, 7) is 0.866. The van der Waals surface area contributed by atoms with Crippen LogP contribution >= 0.6 is 0 Å². The Hall–Kier alpha value is -2.32. The van der Waals surface area contributed by atoms with Crippen molar-refractivity contribution < 1.29 is 8.42 Å². The first-order valence-electron chi connectivity index (χ1n) is 7.36. The predicted octanol–water partition coefficient (Wildman–Crippen LogP) is 1.46. The van der Waals surface area contributed by atoms with Gasteiger partial charge in [0.25, 0.3) is 0 Å². The highest BCUT2D eigenvalue weighted by molar-refractivity contribution is 7.89. The molecular formula is C15H15N5O2S. The Labute approximate surface area is 133 Å². The maximum absolute atomic E-state index is 13.0. The van der Waals surface area contributed by atoms with Gasteiger partial charge in [0.15, 0.2) is 0 Å². The molecule has 0 amide bonds. The van der Waals surface area contributed by atoms with E-state index in [2.05, 4.69) is 15.3 Å². The van der Waals surface area contributed by atoms with Crippen LogP contribution in [-0.4, -0.2) is 45.8 Å². The van der Waals surface area contributed by atoms with Crippen LogP contribution in [0.4, 0.5) is 0 Å². The van der Waals surface area contributed by atoms with Crippen molar-refractivity contribution in [3.05, 3.63) is 48.9 Å². The highest BCUT2D eigenvalue weighted by Crippen LogP contribution is 2.29. The van der Waals surface area contributed by atoms with Gasteiger partial charge < -0.3 is 0 Å². The molecule has 2 aromatic heterocycles. The number of pyridine rings is 1. The van der Waals surface area contributed by atoms with Crippen LogP contribution in [0.5, 0.6) is 0 Å². The van der Waals surface area contributed by atoms with Gasteiger partial charge in [0.2, 0.25) is 10.0 Å². The Bertz CT molecular complexity index is 934. The van der Waals surface area contributed by atoms with Gasteiger partial charge in [-0.15, -0.1) is 5.10 Å². The van der Waals surface area contributed by atoms with Crippen LogP contribution in [0.2, 0.25) is 0 Å². The first kappa shape index (κ1) is 14.3. The Morgan fingerprint density at radius 1 is 1.13 bits per heavy atom. The zero-order chi connectivity index (χ0) is 15.9. The first-order valence-corrected chi connectivity index (χ1v) is 8.80. The maximum atomic E-state index is 13.0. The number of fused-ring (bicyclic) bond motifs is 1. The van der Waals surface area contributed by atoms with Gasteiger partial charge in [-0.2, -0.15) is 4.31 Å². The van der Waals surface area contributed by atoms with Gasteiger partial charge in [0, 0.05) is 30.9 Å². The van der Waals surface area contributed by atoms with Gasteiger partial charge in [-0.05, 0) is 18.6 Å². The van der Waals surface area contributed by atoms with E-state index in [1.807, 2.05) is 12.1 Å². The van der Waals surface area contributed by atoms with Crippen molar-refractivity contribution in [2.75, 3.05) is 13.1 Å². The average Bonchev–Trinajstić information content (AvgIpc) is 3.25. The summed E-state index contributed by atoms with van der Waals surface area (Å²) in [5, 5.41) is 8.58. The molecule has 0 N–H and O–H groups in total. The maximum Gasteiger partial charge on any atom is 0.245 e. The number of benzene rings is 1. The lowest BCUT2D eigenvalue weighted by Crippen LogP contribution is -2.29. The van der Waals surface area contributed by atoms with Gasteiger partial charge >= 0.3 is 0 Å². The van der Waals surface area contributed by atoms with Crippen molar-refractivity contribution in [2.24, 2.45) is 0 Å². The molecule has 1 aliphatic rings. The van der Waals surface area contributed by atoms with Gasteiger partial charge in [0.05, 0.1) is 17.8 Å². The van der Waals surface area contributed by atoms with Gasteiger partial charge in [-0.3, -0.25) is 4.98 Å². The van der Waals surface area contributed by atoms with E-state index in [4.69, 9.17) is 0 Å². The normalized spacial score (nSPS) is 19.4. The van der Waals surface area contributed by atoms with E-state index < -0.39 is 10.0 Å². The summed E-state index contributed by atoms with van der Waals surface area (Å²) in [7, 11) is -3.58. The summed E-state index contributed by atoms with van der Waals surface area (Å²) in [5.74, 6) is 0. The number of para-hydroxylation sites is 1. The lowest BCUT2D eigenvalue weighted by Gasteiger charge is -2.17. The van der Waals surface area contributed by atoms with Crippen molar-refractivity contribution in [1.29, 1.82) is 0 Å². The second-order valence-electron chi connectivity index (χ2n) is 5.52. The lowest BCUT2D eigenvalue weighted by atomic mass is 10.2. The highest BCUT2D eigenvalue weighted by atomic mass is 32.2. The molecule has 1 aromatic carbocycles. The van der Waals surface area contributed by atoms with E-state index >= 15 is 0 Å². The molecule has 1 aliphatic heterocycles. The number of rotatable bonds is 3. The van der Waals surface area contributed by atoms with E-state index in [-0.39, 0.29) is 10.9 Å². The lowest BCUT2D eigenvalue weighted by molar-refractivity contribution is 0.428. The Kier molecular flexibility index (Phi) is 3.35. The van der Waals surface area contributed by atoms with Gasteiger partial charge in [-0.1, -0.05) is 23.4 Å². The molecule has 1 fully saturated rings. The molecule has 7 nitrogen and oxygen atoms in total. The number of hydrogen-bond acceptors (Lipinski definition) is 5. The SMILES string of the molecule is O=S(=O)(c1cccc2cccnc12)N1CCC(n2ccnn2)C1. The molecule has 4 rings (SSSR count). The van der Waals surface area contributed by atoms with E-state index in [1.165, 1.54) is 4.31 Å². The average molecular weight is 329 g/mol. The molecule has 0 saturated carbocycles. The molecule has 0 bridgehead atoms. The fourth-order valence-corrected chi connectivity index (χ4v) is 4.64. The fraction of sp³-hybridized carbons (Fsp3) is 0.267. The molecule has 1 atom stereocenters. The minimum Gasteiger partial charge on any atom is -0.255 e. The molecule has 0 spiro atoms. The molecule has 3 aromatic rings. The smallest absolute Gasteiger partial charge is 0.245 e. The topological polar surface area (TPSA) is 81.0 Å². The van der Waals surface area contributed by atoms with Crippen LogP contribution in [0, 0.1) is 0 Å². The molecule has 3 heterocycles. The molecule has 0 aliphatic carbocycles. The molecule has 8 heteroatoms. The van der Waals surface area contributed by atoms with Crippen LogP contribution in [0.25, 0.3) is 10.9 Å². The molecular weight excluding hydrogens is 314 g/mol. The number of sulfonamides is 1. The summed E-state index contributed by atoms with van der Waals surface area (Å²) in [5.41, 5.74) is 0.513. The predicted molar refractivity (Wildman–Crippen MR) is 84.2 cm³/mol. The zero-order valence-corrected chi connectivity index (χ0v) is 13.1. The Balaban J connectivity index is 1.70. The standard InChI is InChI=1S/C15H15N5O2S/c21-23(22,14-5-1-3-12-4-2-7-16-15(12)14)19-9-6-13(11-19)20-10-8-17-18-20/h1-5,7-8,10,13H,6,9,11H2. The fourth-order valence-electron chi connectivity index (χ4n) is 2.98. The van der Waals surface area contributed by atoms with Crippen LogP contribution in [0.15, 0.2) is 53.8 Å². The summed E-state index contributed by atoms with van der Waals surface area (Å²) < 4.78 is 29.2. The van der Waals surface area contributed by atoms with E-state index in [0.29, 0.717) is 18.6 Å². The van der Waals surface area contributed by atoms with E-state index in [0.717, 1.165) is 11.8 Å². The minimum atomic E-state index is -3.58. The first-order chi connectivity index (χ1) is 11.2. The number of nitrogens with zero attached hydrogens (tertiary/aromatic N) is 5.